The highest BCUT2D eigenvalue weighted by Gasteiger charge is 2.22. The first-order valence-electron chi connectivity index (χ1n) is 8.34. The van der Waals surface area contributed by atoms with Gasteiger partial charge in [0.15, 0.2) is 0 Å². The van der Waals surface area contributed by atoms with Gasteiger partial charge in [0, 0.05) is 11.1 Å². The van der Waals surface area contributed by atoms with Gasteiger partial charge in [0.25, 0.3) is 11.8 Å². The number of amides is 2. The number of carbonyl (C=O) groups excluding carboxylic acids is 4. The maximum Gasteiger partial charge on any atom is 0.294 e. The minimum absolute atomic E-state index is 0.261. The summed E-state index contributed by atoms with van der Waals surface area (Å²) in [7, 11) is 0. The van der Waals surface area contributed by atoms with Crippen molar-refractivity contribution in [3.05, 3.63) is 71.8 Å². The number of nitrogens with one attached hydrogen (secondary N) is 2. The Bertz CT molecular complexity index is 751. The highest BCUT2D eigenvalue weighted by atomic mass is 16.5. The predicted molar refractivity (Wildman–Crippen MR) is 97.8 cm³/mol. The summed E-state index contributed by atoms with van der Waals surface area (Å²) in [4.78, 5) is 48.0. The Hall–Kier alpha value is -3.32. The van der Waals surface area contributed by atoms with Gasteiger partial charge in [-0.1, -0.05) is 60.7 Å². The van der Waals surface area contributed by atoms with E-state index in [2.05, 4.69) is 10.6 Å². The normalized spacial score (nSPS) is 12.5. The van der Waals surface area contributed by atoms with Crippen molar-refractivity contribution in [3.8, 4) is 0 Å². The summed E-state index contributed by atoms with van der Waals surface area (Å²) in [6.07, 6.45) is -1.71. The molecular formula is C20H20N2O5. The van der Waals surface area contributed by atoms with Crippen LogP contribution in [0.3, 0.4) is 0 Å². The van der Waals surface area contributed by atoms with Crippen molar-refractivity contribution in [1.29, 1.82) is 0 Å². The Morgan fingerprint density at radius 3 is 1.33 bits per heavy atom. The van der Waals surface area contributed by atoms with Crippen molar-refractivity contribution in [2.75, 3.05) is 0 Å². The van der Waals surface area contributed by atoms with E-state index in [4.69, 9.17) is 4.74 Å². The number of ketones is 2. The number of Topliss-reactive ketones (excluding diaryl/α,β-unsaturated/α-hetero) is 2. The Labute approximate surface area is 156 Å². The smallest absolute Gasteiger partial charge is 0.294 e. The second kappa shape index (κ2) is 9.40. The van der Waals surface area contributed by atoms with Gasteiger partial charge >= 0.3 is 0 Å². The van der Waals surface area contributed by atoms with Crippen molar-refractivity contribution >= 4 is 23.4 Å². The van der Waals surface area contributed by atoms with E-state index in [0.29, 0.717) is 0 Å². The molecule has 2 unspecified atom stereocenters. The standard InChI is InChI=1S/C20H20N2O5/c1-13(21-19(25)17(23)15-9-5-3-6-10-15)27-14(2)22-20(26)18(24)16-11-7-4-8-12-16/h3-14H,1-2H3,(H,21,25)(H,22,26). The molecule has 0 aliphatic heterocycles. The monoisotopic (exact) mass is 368 g/mol. The highest BCUT2D eigenvalue weighted by molar-refractivity contribution is 6.43. The van der Waals surface area contributed by atoms with Crippen LogP contribution in [0.25, 0.3) is 0 Å². The number of hydrogen-bond donors (Lipinski definition) is 2. The summed E-state index contributed by atoms with van der Waals surface area (Å²) in [6.45, 7) is 3.02. The van der Waals surface area contributed by atoms with Gasteiger partial charge in [-0.25, -0.2) is 0 Å². The lowest BCUT2D eigenvalue weighted by Crippen LogP contribution is -2.46. The molecule has 2 aromatic rings. The fourth-order valence-electron chi connectivity index (χ4n) is 2.32. The maximum absolute atomic E-state index is 12.0. The third-order valence-electron chi connectivity index (χ3n) is 3.56. The molecule has 7 heteroatoms. The molecule has 2 rings (SSSR count). The fourth-order valence-corrected chi connectivity index (χ4v) is 2.32. The zero-order valence-electron chi connectivity index (χ0n) is 15.0. The average Bonchev–Trinajstić information content (AvgIpc) is 2.67. The summed E-state index contributed by atoms with van der Waals surface area (Å²) in [5, 5.41) is 4.79. The van der Waals surface area contributed by atoms with E-state index >= 15 is 0 Å². The van der Waals surface area contributed by atoms with E-state index in [0.717, 1.165) is 0 Å². The average molecular weight is 368 g/mol. The molecular weight excluding hydrogens is 348 g/mol. The van der Waals surface area contributed by atoms with Crippen LogP contribution in [0, 0.1) is 0 Å². The Morgan fingerprint density at radius 1 is 0.667 bits per heavy atom. The summed E-state index contributed by atoms with van der Waals surface area (Å²) in [5.41, 5.74) is 0.522. The molecule has 0 spiro atoms. The molecule has 2 amide bonds. The molecule has 0 radical (unpaired) electrons. The van der Waals surface area contributed by atoms with Crippen LogP contribution >= 0.6 is 0 Å². The van der Waals surface area contributed by atoms with Crippen LogP contribution in [0.15, 0.2) is 60.7 Å². The van der Waals surface area contributed by atoms with Gasteiger partial charge in [0.1, 0.15) is 12.5 Å². The molecule has 7 nitrogen and oxygen atoms in total. The summed E-state index contributed by atoms with van der Waals surface area (Å²) >= 11 is 0. The number of hydrogen-bond acceptors (Lipinski definition) is 5. The summed E-state index contributed by atoms with van der Waals surface area (Å²) in [6, 6.07) is 16.2. The molecule has 0 aromatic heterocycles. The first-order valence-corrected chi connectivity index (χ1v) is 8.34. The third kappa shape index (κ3) is 5.86. The number of rotatable bonds is 8. The van der Waals surface area contributed by atoms with Crippen LogP contribution in [0.4, 0.5) is 0 Å². The van der Waals surface area contributed by atoms with Crippen LogP contribution in [0.2, 0.25) is 0 Å². The van der Waals surface area contributed by atoms with Gasteiger partial charge in [-0.2, -0.15) is 0 Å². The Kier molecular flexibility index (Phi) is 6.96. The Balaban J connectivity index is 1.83. The molecule has 0 heterocycles. The van der Waals surface area contributed by atoms with Crippen molar-refractivity contribution < 1.29 is 23.9 Å². The zero-order valence-corrected chi connectivity index (χ0v) is 15.0. The predicted octanol–water partition coefficient (Wildman–Crippen LogP) is 1.69. The van der Waals surface area contributed by atoms with Crippen LogP contribution in [-0.4, -0.2) is 35.8 Å². The molecule has 0 aliphatic carbocycles. The van der Waals surface area contributed by atoms with E-state index in [-0.39, 0.29) is 11.1 Å². The molecule has 0 saturated heterocycles. The molecule has 2 aromatic carbocycles. The lowest BCUT2D eigenvalue weighted by molar-refractivity contribution is -0.126. The van der Waals surface area contributed by atoms with E-state index in [1.54, 1.807) is 36.4 Å². The second-order valence-corrected chi connectivity index (χ2v) is 5.76. The van der Waals surface area contributed by atoms with E-state index in [9.17, 15) is 19.2 Å². The molecule has 0 fully saturated rings. The minimum Gasteiger partial charge on any atom is -0.336 e. The van der Waals surface area contributed by atoms with Gasteiger partial charge in [-0.05, 0) is 13.8 Å². The SMILES string of the molecule is CC(NC(=O)C(=O)c1ccccc1)OC(C)NC(=O)C(=O)c1ccccc1. The lowest BCUT2D eigenvalue weighted by Gasteiger charge is -2.20. The number of carbonyl (C=O) groups is 4. The maximum atomic E-state index is 12.0. The summed E-state index contributed by atoms with van der Waals surface area (Å²) in [5.74, 6) is -3.04. The van der Waals surface area contributed by atoms with Crippen molar-refractivity contribution in [2.24, 2.45) is 0 Å². The molecule has 2 atom stereocenters. The number of ether oxygens (including phenoxy) is 1. The molecule has 0 saturated carbocycles. The highest BCUT2D eigenvalue weighted by Crippen LogP contribution is 2.03. The van der Waals surface area contributed by atoms with Crippen molar-refractivity contribution in [2.45, 2.75) is 26.3 Å². The van der Waals surface area contributed by atoms with E-state index in [1.165, 1.54) is 38.1 Å². The van der Waals surface area contributed by atoms with Crippen molar-refractivity contribution in [3.63, 3.8) is 0 Å². The van der Waals surface area contributed by atoms with Gasteiger partial charge in [-0.3, -0.25) is 19.2 Å². The van der Waals surface area contributed by atoms with Gasteiger partial charge in [0.2, 0.25) is 11.6 Å². The zero-order chi connectivity index (χ0) is 19.8. The molecule has 0 aliphatic rings. The number of benzene rings is 2. The second-order valence-electron chi connectivity index (χ2n) is 5.76. The molecule has 0 bridgehead atoms. The fraction of sp³-hybridized carbons (Fsp3) is 0.200. The van der Waals surface area contributed by atoms with E-state index in [1.807, 2.05) is 0 Å². The molecule has 2 N–H and O–H groups in total. The van der Waals surface area contributed by atoms with Crippen LogP contribution in [0.1, 0.15) is 34.6 Å². The first-order chi connectivity index (χ1) is 12.9. The Morgan fingerprint density at radius 2 is 1.00 bits per heavy atom. The largest absolute Gasteiger partial charge is 0.336 e. The van der Waals surface area contributed by atoms with Crippen LogP contribution in [-0.2, 0) is 14.3 Å². The first kappa shape index (κ1) is 20.0. The minimum atomic E-state index is -0.854. The van der Waals surface area contributed by atoms with Crippen molar-refractivity contribution in [1.82, 2.24) is 10.6 Å². The quantitative estimate of drug-likeness (QED) is 0.419. The van der Waals surface area contributed by atoms with Gasteiger partial charge < -0.3 is 15.4 Å². The molecule has 27 heavy (non-hydrogen) atoms. The summed E-state index contributed by atoms with van der Waals surface area (Å²) < 4.78 is 5.40. The lowest BCUT2D eigenvalue weighted by atomic mass is 10.1. The van der Waals surface area contributed by atoms with E-state index < -0.39 is 35.8 Å². The molecule has 140 valence electrons. The van der Waals surface area contributed by atoms with Crippen LogP contribution in [0.5, 0.6) is 0 Å². The van der Waals surface area contributed by atoms with Gasteiger partial charge in [-0.15, -0.1) is 0 Å². The van der Waals surface area contributed by atoms with Crippen LogP contribution < -0.4 is 10.6 Å². The third-order valence-corrected chi connectivity index (χ3v) is 3.56. The topological polar surface area (TPSA) is 102 Å². The van der Waals surface area contributed by atoms with Gasteiger partial charge in [0.05, 0.1) is 0 Å².